The van der Waals surface area contributed by atoms with Crippen LogP contribution in [0.1, 0.15) is 22.3 Å². The number of aromatic nitrogens is 5. The van der Waals surface area contributed by atoms with Crippen LogP contribution in [0, 0.1) is 6.92 Å². The van der Waals surface area contributed by atoms with E-state index in [0.717, 1.165) is 0 Å². The van der Waals surface area contributed by atoms with Gasteiger partial charge in [0.25, 0.3) is 5.91 Å². The lowest BCUT2D eigenvalue weighted by Gasteiger charge is -2.13. The van der Waals surface area contributed by atoms with E-state index < -0.39 is 0 Å². The van der Waals surface area contributed by atoms with Crippen molar-refractivity contribution in [2.75, 3.05) is 0 Å². The highest BCUT2D eigenvalue weighted by Crippen LogP contribution is 2.25. The summed E-state index contributed by atoms with van der Waals surface area (Å²) in [4.78, 5) is 29.8. The van der Waals surface area contributed by atoms with E-state index in [1.165, 1.54) is 11.3 Å². The lowest BCUT2D eigenvalue weighted by atomic mass is 10.3. The smallest absolute Gasteiger partial charge is 0.263 e. The fourth-order valence-corrected chi connectivity index (χ4v) is 3.08. The molecule has 0 saturated carbocycles. The lowest BCUT2D eigenvalue weighted by Crippen LogP contribution is -2.35. The maximum Gasteiger partial charge on any atom is 0.263 e. The van der Waals surface area contributed by atoms with Gasteiger partial charge < -0.3 is 9.88 Å². The summed E-state index contributed by atoms with van der Waals surface area (Å²) < 4.78 is 1.92. The van der Waals surface area contributed by atoms with Crippen molar-refractivity contribution in [1.82, 2.24) is 29.8 Å². The molecule has 8 heteroatoms. The molecule has 0 saturated heterocycles. The quantitative estimate of drug-likeness (QED) is 0.773. The van der Waals surface area contributed by atoms with E-state index in [4.69, 9.17) is 0 Å². The Morgan fingerprint density at radius 1 is 1.35 bits per heavy atom. The minimum atomic E-state index is -0.130. The van der Waals surface area contributed by atoms with E-state index in [1.807, 2.05) is 24.6 Å². The zero-order valence-electron chi connectivity index (χ0n) is 12.8. The molecule has 0 unspecified atom stereocenters. The molecule has 0 aliphatic rings. The maximum absolute atomic E-state index is 12.4. The van der Waals surface area contributed by atoms with Crippen LogP contribution in [-0.2, 0) is 6.54 Å². The van der Waals surface area contributed by atoms with E-state index in [0.29, 0.717) is 27.9 Å². The van der Waals surface area contributed by atoms with Gasteiger partial charge in [0, 0.05) is 37.4 Å². The van der Waals surface area contributed by atoms with Crippen molar-refractivity contribution in [3.05, 3.63) is 47.8 Å². The zero-order valence-corrected chi connectivity index (χ0v) is 13.6. The van der Waals surface area contributed by atoms with Crippen LogP contribution < -0.4 is 5.32 Å². The molecule has 1 atom stereocenters. The van der Waals surface area contributed by atoms with Gasteiger partial charge in [0.15, 0.2) is 10.8 Å². The number of amides is 1. The third-order valence-corrected chi connectivity index (χ3v) is 4.33. The molecule has 3 aromatic rings. The van der Waals surface area contributed by atoms with E-state index in [-0.39, 0.29) is 11.9 Å². The lowest BCUT2D eigenvalue weighted by molar-refractivity contribution is 0.0940. The molecule has 1 amide bonds. The van der Waals surface area contributed by atoms with Gasteiger partial charge in [-0.2, -0.15) is 0 Å². The second kappa shape index (κ2) is 6.66. The maximum atomic E-state index is 12.4. The molecule has 0 spiro atoms. The number of carbonyl (C=O) groups excluding carboxylic acids is 1. The Morgan fingerprint density at radius 3 is 2.83 bits per heavy atom. The number of thiazole rings is 1. The van der Waals surface area contributed by atoms with Crippen LogP contribution in [0.4, 0.5) is 0 Å². The van der Waals surface area contributed by atoms with Crippen molar-refractivity contribution < 1.29 is 4.79 Å². The number of aryl methyl sites for hydroxylation is 1. The fourth-order valence-electron chi connectivity index (χ4n) is 2.16. The van der Waals surface area contributed by atoms with Gasteiger partial charge in [-0.3, -0.25) is 4.79 Å². The Labute approximate surface area is 137 Å². The van der Waals surface area contributed by atoms with Crippen LogP contribution in [0.25, 0.3) is 10.8 Å². The number of hydrogen-bond donors (Lipinski definition) is 1. The van der Waals surface area contributed by atoms with Crippen molar-refractivity contribution in [3.63, 3.8) is 0 Å². The standard InChI is InChI=1S/C15H16N6OS/c1-10(8-21-7-6-16-9-21)19-14(22)12-11(2)20-15(23-12)13-17-4-3-5-18-13/h3-7,9-10H,8H2,1-2H3,(H,19,22)/t10-/m0/s1. The molecule has 3 aromatic heterocycles. The van der Waals surface area contributed by atoms with Crippen molar-refractivity contribution >= 4 is 17.2 Å². The van der Waals surface area contributed by atoms with E-state index in [9.17, 15) is 4.79 Å². The monoisotopic (exact) mass is 328 g/mol. The molecule has 0 bridgehead atoms. The van der Waals surface area contributed by atoms with Crippen LogP contribution >= 0.6 is 11.3 Å². The third-order valence-electron chi connectivity index (χ3n) is 3.18. The van der Waals surface area contributed by atoms with Crippen LogP contribution in [0.15, 0.2) is 37.2 Å². The van der Waals surface area contributed by atoms with Crippen molar-refractivity contribution in [2.45, 2.75) is 26.4 Å². The minimum absolute atomic E-state index is 0.0189. The summed E-state index contributed by atoms with van der Waals surface area (Å²) in [5, 5.41) is 3.63. The first-order valence-corrected chi connectivity index (χ1v) is 7.96. The topological polar surface area (TPSA) is 85.6 Å². The van der Waals surface area contributed by atoms with Gasteiger partial charge in [-0.25, -0.2) is 19.9 Å². The molecule has 0 aliphatic carbocycles. The molecular weight excluding hydrogens is 312 g/mol. The number of rotatable bonds is 5. The van der Waals surface area contributed by atoms with Gasteiger partial charge in [-0.15, -0.1) is 11.3 Å². The molecule has 1 N–H and O–H groups in total. The first kappa shape index (κ1) is 15.3. The average molecular weight is 328 g/mol. The number of nitrogens with zero attached hydrogens (tertiary/aromatic N) is 5. The Bertz CT molecular complexity index is 784. The Kier molecular flexibility index (Phi) is 4.42. The van der Waals surface area contributed by atoms with Gasteiger partial charge in [0.05, 0.1) is 12.0 Å². The number of nitrogens with one attached hydrogen (secondary N) is 1. The number of hydrogen-bond acceptors (Lipinski definition) is 6. The van der Waals surface area contributed by atoms with Crippen LogP contribution in [0.2, 0.25) is 0 Å². The first-order chi connectivity index (χ1) is 11.1. The largest absolute Gasteiger partial charge is 0.347 e. The second-order valence-corrected chi connectivity index (χ2v) is 6.14. The zero-order chi connectivity index (χ0) is 16.2. The third kappa shape index (κ3) is 3.59. The molecule has 23 heavy (non-hydrogen) atoms. The summed E-state index contributed by atoms with van der Waals surface area (Å²) in [5.74, 6) is 0.404. The summed E-state index contributed by atoms with van der Waals surface area (Å²) in [5.41, 5.74) is 0.685. The highest BCUT2D eigenvalue weighted by atomic mass is 32.1. The molecule has 118 valence electrons. The van der Waals surface area contributed by atoms with E-state index in [2.05, 4.69) is 25.3 Å². The summed E-state index contributed by atoms with van der Waals surface area (Å²) in [6.07, 6.45) is 8.63. The predicted molar refractivity (Wildman–Crippen MR) is 87.0 cm³/mol. The molecule has 0 aliphatic heterocycles. The summed E-state index contributed by atoms with van der Waals surface area (Å²) in [6, 6.07) is 1.73. The Balaban J connectivity index is 1.71. The van der Waals surface area contributed by atoms with E-state index in [1.54, 1.807) is 31.0 Å². The Morgan fingerprint density at radius 2 is 2.13 bits per heavy atom. The molecule has 3 rings (SSSR count). The SMILES string of the molecule is Cc1nc(-c2ncccn2)sc1C(=O)N[C@@H](C)Cn1ccnc1. The predicted octanol–water partition coefficient (Wildman–Crippen LogP) is 1.92. The average Bonchev–Trinajstić information content (AvgIpc) is 3.17. The molecule has 3 heterocycles. The van der Waals surface area contributed by atoms with Gasteiger partial charge in [0.2, 0.25) is 0 Å². The van der Waals surface area contributed by atoms with E-state index >= 15 is 0 Å². The highest BCUT2D eigenvalue weighted by molar-refractivity contribution is 7.17. The number of carbonyl (C=O) groups is 1. The fraction of sp³-hybridized carbons (Fsp3) is 0.267. The minimum Gasteiger partial charge on any atom is -0.347 e. The van der Waals surface area contributed by atoms with Crippen LogP contribution in [0.3, 0.4) is 0 Å². The first-order valence-electron chi connectivity index (χ1n) is 7.15. The normalized spacial score (nSPS) is 12.1. The molecule has 0 fully saturated rings. The van der Waals surface area contributed by atoms with Crippen molar-refractivity contribution in [1.29, 1.82) is 0 Å². The van der Waals surface area contributed by atoms with Gasteiger partial charge in [-0.05, 0) is 19.9 Å². The Hall–Kier alpha value is -2.61. The highest BCUT2D eigenvalue weighted by Gasteiger charge is 2.18. The summed E-state index contributed by atoms with van der Waals surface area (Å²) in [7, 11) is 0. The molecule has 7 nitrogen and oxygen atoms in total. The molecule has 0 radical (unpaired) electrons. The van der Waals surface area contributed by atoms with Crippen molar-refractivity contribution in [2.24, 2.45) is 0 Å². The number of imidazole rings is 1. The second-order valence-electron chi connectivity index (χ2n) is 5.14. The van der Waals surface area contributed by atoms with Crippen molar-refractivity contribution in [3.8, 4) is 10.8 Å². The molecular formula is C15H16N6OS. The van der Waals surface area contributed by atoms with Gasteiger partial charge in [-0.1, -0.05) is 0 Å². The summed E-state index contributed by atoms with van der Waals surface area (Å²) in [6.45, 7) is 4.44. The van der Waals surface area contributed by atoms with Crippen LogP contribution in [-0.4, -0.2) is 36.5 Å². The van der Waals surface area contributed by atoms with Crippen LogP contribution in [0.5, 0.6) is 0 Å². The van der Waals surface area contributed by atoms with Gasteiger partial charge >= 0.3 is 0 Å². The summed E-state index contributed by atoms with van der Waals surface area (Å²) >= 11 is 1.30. The molecule has 0 aromatic carbocycles. The van der Waals surface area contributed by atoms with Gasteiger partial charge in [0.1, 0.15) is 4.88 Å².